The van der Waals surface area contributed by atoms with Crippen LogP contribution in [0, 0.1) is 17.2 Å². The zero-order valence-electron chi connectivity index (χ0n) is 10.3. The van der Waals surface area contributed by atoms with Crippen LogP contribution in [0.2, 0.25) is 0 Å². The van der Waals surface area contributed by atoms with E-state index in [2.05, 4.69) is 16.7 Å². The highest BCUT2D eigenvalue weighted by Gasteiger charge is 2.28. The predicted octanol–water partition coefficient (Wildman–Crippen LogP) is 1.17. The van der Waals surface area contributed by atoms with Crippen molar-refractivity contribution in [2.75, 3.05) is 13.1 Å². The highest BCUT2D eigenvalue weighted by molar-refractivity contribution is 5.80. The number of benzene rings is 1. The van der Waals surface area contributed by atoms with Crippen LogP contribution in [0.25, 0.3) is 0 Å². The molecule has 0 aromatic heterocycles. The van der Waals surface area contributed by atoms with E-state index in [1.54, 1.807) is 0 Å². The van der Waals surface area contributed by atoms with E-state index in [9.17, 15) is 4.79 Å². The molecule has 4 heteroatoms. The minimum atomic E-state index is 0.175. The number of nitriles is 1. The lowest BCUT2D eigenvalue weighted by Crippen LogP contribution is -2.32. The lowest BCUT2D eigenvalue weighted by Gasteiger charge is -2.07. The van der Waals surface area contributed by atoms with Gasteiger partial charge in [-0.3, -0.25) is 4.79 Å². The zero-order chi connectivity index (χ0) is 12.8. The second-order valence-corrected chi connectivity index (χ2v) is 4.51. The highest BCUT2D eigenvalue weighted by Crippen LogP contribution is 2.28. The second kappa shape index (κ2) is 6.18. The van der Waals surface area contributed by atoms with Crippen LogP contribution < -0.4 is 10.6 Å². The van der Waals surface area contributed by atoms with Gasteiger partial charge in [0.05, 0.1) is 11.6 Å². The smallest absolute Gasteiger partial charge is 0.223 e. The van der Waals surface area contributed by atoms with E-state index in [0.29, 0.717) is 18.7 Å². The topological polar surface area (TPSA) is 64.9 Å². The average molecular weight is 243 g/mol. The third-order valence-corrected chi connectivity index (χ3v) is 3.00. The number of carbonyl (C=O) groups is 1. The summed E-state index contributed by atoms with van der Waals surface area (Å²) in [5.74, 6) is 0.443. The Balaban J connectivity index is 1.65. The van der Waals surface area contributed by atoms with Gasteiger partial charge in [0.25, 0.3) is 0 Å². The number of carbonyl (C=O) groups excluding carboxylic acids is 1. The van der Waals surface area contributed by atoms with Crippen molar-refractivity contribution in [1.29, 1.82) is 5.26 Å². The second-order valence-electron chi connectivity index (χ2n) is 4.51. The van der Waals surface area contributed by atoms with Crippen LogP contribution in [-0.4, -0.2) is 19.0 Å². The molecule has 4 nitrogen and oxygen atoms in total. The Morgan fingerprint density at radius 2 is 2.11 bits per heavy atom. The highest BCUT2D eigenvalue weighted by atomic mass is 16.2. The summed E-state index contributed by atoms with van der Waals surface area (Å²) in [5.41, 5.74) is 1.69. The number of nitrogens with zero attached hydrogens (tertiary/aromatic N) is 1. The lowest BCUT2D eigenvalue weighted by atomic mass is 10.1. The minimum absolute atomic E-state index is 0.175. The molecule has 18 heavy (non-hydrogen) atoms. The summed E-state index contributed by atoms with van der Waals surface area (Å²) in [5, 5.41) is 15.0. The maximum atomic E-state index is 11.4. The Morgan fingerprint density at radius 1 is 1.33 bits per heavy atom. The summed E-state index contributed by atoms with van der Waals surface area (Å²) in [6.07, 6.45) is 2.07. The molecule has 0 spiro atoms. The summed E-state index contributed by atoms with van der Waals surface area (Å²) in [6.45, 7) is 2.02. The molecule has 2 N–H and O–H groups in total. The molecule has 0 unspecified atom stereocenters. The van der Waals surface area contributed by atoms with Crippen molar-refractivity contribution >= 4 is 5.91 Å². The Morgan fingerprint density at radius 3 is 2.83 bits per heavy atom. The van der Waals surface area contributed by atoms with Gasteiger partial charge < -0.3 is 10.6 Å². The first-order valence-corrected chi connectivity index (χ1v) is 6.27. The fourth-order valence-electron chi connectivity index (χ4n) is 1.77. The van der Waals surface area contributed by atoms with Crippen LogP contribution in [0.4, 0.5) is 0 Å². The van der Waals surface area contributed by atoms with Gasteiger partial charge in [0.15, 0.2) is 0 Å². The van der Waals surface area contributed by atoms with Crippen molar-refractivity contribution in [3.8, 4) is 6.07 Å². The number of hydrogen-bond donors (Lipinski definition) is 2. The van der Waals surface area contributed by atoms with Gasteiger partial charge in [0.1, 0.15) is 0 Å². The van der Waals surface area contributed by atoms with Gasteiger partial charge in [0, 0.05) is 25.6 Å². The fraction of sp³-hybridized carbons (Fsp3) is 0.429. The van der Waals surface area contributed by atoms with Gasteiger partial charge in [-0.25, -0.2) is 0 Å². The van der Waals surface area contributed by atoms with Crippen LogP contribution in [0.5, 0.6) is 0 Å². The third-order valence-electron chi connectivity index (χ3n) is 3.00. The minimum Gasteiger partial charge on any atom is -0.355 e. The molecule has 0 heterocycles. The fourth-order valence-corrected chi connectivity index (χ4v) is 1.77. The SMILES string of the molecule is N#Cc1ccccc1CNCCNC(=O)C1CC1. The largest absolute Gasteiger partial charge is 0.355 e. The summed E-state index contributed by atoms with van der Waals surface area (Å²) in [4.78, 5) is 11.4. The molecule has 94 valence electrons. The van der Waals surface area contributed by atoms with Crippen LogP contribution in [0.3, 0.4) is 0 Å². The molecule has 1 aliphatic rings. The molecule has 1 amide bonds. The van der Waals surface area contributed by atoms with E-state index in [1.807, 2.05) is 24.3 Å². The van der Waals surface area contributed by atoms with Crippen LogP contribution in [0.1, 0.15) is 24.0 Å². The predicted molar refractivity (Wildman–Crippen MR) is 68.6 cm³/mol. The molecule has 0 saturated heterocycles. The standard InChI is InChI=1S/C14H17N3O/c15-9-12-3-1-2-4-13(12)10-16-7-8-17-14(18)11-5-6-11/h1-4,11,16H,5-8,10H2,(H,17,18). The maximum absolute atomic E-state index is 11.4. The average Bonchev–Trinajstić information content (AvgIpc) is 3.23. The van der Waals surface area contributed by atoms with E-state index >= 15 is 0 Å². The quantitative estimate of drug-likeness (QED) is 0.737. The summed E-state index contributed by atoms with van der Waals surface area (Å²) < 4.78 is 0. The van der Waals surface area contributed by atoms with Gasteiger partial charge >= 0.3 is 0 Å². The molecule has 0 radical (unpaired) electrons. The molecule has 1 aromatic rings. The van der Waals surface area contributed by atoms with Crippen LogP contribution >= 0.6 is 0 Å². The molecule has 1 saturated carbocycles. The summed E-state index contributed by atoms with van der Waals surface area (Å²) in [7, 11) is 0. The molecule has 0 bridgehead atoms. The molecule has 0 aliphatic heterocycles. The molecule has 1 fully saturated rings. The molecule has 0 atom stereocenters. The van der Waals surface area contributed by atoms with Crippen molar-refractivity contribution in [3.63, 3.8) is 0 Å². The van der Waals surface area contributed by atoms with Crippen molar-refractivity contribution in [2.24, 2.45) is 5.92 Å². The lowest BCUT2D eigenvalue weighted by molar-refractivity contribution is -0.122. The molecular formula is C14H17N3O. The van der Waals surface area contributed by atoms with Gasteiger partial charge in [-0.15, -0.1) is 0 Å². The number of nitrogens with one attached hydrogen (secondary N) is 2. The zero-order valence-corrected chi connectivity index (χ0v) is 10.3. The molecule has 1 aromatic carbocycles. The van der Waals surface area contributed by atoms with Gasteiger partial charge in [-0.2, -0.15) is 5.26 Å². The Labute approximate surface area is 107 Å². The normalized spacial score (nSPS) is 13.9. The summed E-state index contributed by atoms with van der Waals surface area (Å²) >= 11 is 0. The first-order valence-electron chi connectivity index (χ1n) is 6.27. The van der Waals surface area contributed by atoms with Crippen molar-refractivity contribution in [3.05, 3.63) is 35.4 Å². The third kappa shape index (κ3) is 3.57. The maximum Gasteiger partial charge on any atom is 0.223 e. The summed E-state index contributed by atoms with van der Waals surface area (Å²) in [6, 6.07) is 9.70. The van der Waals surface area contributed by atoms with Crippen LogP contribution in [0.15, 0.2) is 24.3 Å². The van der Waals surface area contributed by atoms with E-state index in [4.69, 9.17) is 5.26 Å². The van der Waals surface area contributed by atoms with E-state index in [0.717, 1.165) is 24.9 Å². The molecule has 2 rings (SSSR count). The van der Waals surface area contributed by atoms with Crippen molar-refractivity contribution < 1.29 is 4.79 Å². The number of hydrogen-bond acceptors (Lipinski definition) is 3. The Kier molecular flexibility index (Phi) is 4.32. The van der Waals surface area contributed by atoms with E-state index in [1.165, 1.54) is 0 Å². The first-order chi connectivity index (χ1) is 8.81. The van der Waals surface area contributed by atoms with E-state index in [-0.39, 0.29) is 11.8 Å². The number of amides is 1. The Hall–Kier alpha value is -1.86. The number of rotatable bonds is 6. The van der Waals surface area contributed by atoms with Gasteiger partial charge in [-0.05, 0) is 24.5 Å². The van der Waals surface area contributed by atoms with E-state index < -0.39 is 0 Å². The van der Waals surface area contributed by atoms with Gasteiger partial charge in [-0.1, -0.05) is 18.2 Å². The van der Waals surface area contributed by atoms with Crippen molar-refractivity contribution in [1.82, 2.24) is 10.6 Å². The Bertz CT molecular complexity index is 460. The first kappa shape index (κ1) is 12.6. The van der Waals surface area contributed by atoms with Crippen molar-refractivity contribution in [2.45, 2.75) is 19.4 Å². The monoisotopic (exact) mass is 243 g/mol. The van der Waals surface area contributed by atoms with Gasteiger partial charge in [0.2, 0.25) is 5.91 Å². The van der Waals surface area contributed by atoms with Crippen LogP contribution in [-0.2, 0) is 11.3 Å². The molecule has 1 aliphatic carbocycles. The molecular weight excluding hydrogens is 226 g/mol.